The number of amides is 1. The predicted octanol–water partition coefficient (Wildman–Crippen LogP) is 4.55. The van der Waals surface area contributed by atoms with Crippen molar-refractivity contribution in [1.29, 1.82) is 0 Å². The Bertz CT molecular complexity index is 902. The third-order valence-corrected chi connectivity index (χ3v) is 7.43. The smallest absolute Gasteiger partial charge is 0.327 e. The summed E-state index contributed by atoms with van der Waals surface area (Å²) in [5.41, 5.74) is 2.86. The molecule has 178 valence electrons. The highest BCUT2D eigenvalue weighted by Gasteiger charge is 2.23. The summed E-state index contributed by atoms with van der Waals surface area (Å²) in [5.74, 6) is -0.690. The molecule has 0 radical (unpaired) electrons. The molecule has 0 aliphatic rings. The molecule has 0 bridgehead atoms. The highest BCUT2D eigenvalue weighted by atomic mass is 32.2. The van der Waals surface area contributed by atoms with E-state index in [4.69, 9.17) is 0 Å². The van der Waals surface area contributed by atoms with Crippen molar-refractivity contribution >= 4 is 46.2 Å². The first-order valence-electron chi connectivity index (χ1n) is 11.0. The fourth-order valence-electron chi connectivity index (χ4n) is 3.11. The summed E-state index contributed by atoms with van der Waals surface area (Å²) in [6.45, 7) is 7.83. The Morgan fingerprint density at radius 1 is 0.970 bits per heavy atom. The van der Waals surface area contributed by atoms with E-state index >= 15 is 0 Å². The summed E-state index contributed by atoms with van der Waals surface area (Å²) in [7, 11) is 0. The number of rotatable bonds is 13. The molecule has 0 saturated heterocycles. The third-order valence-electron chi connectivity index (χ3n) is 5.15. The van der Waals surface area contributed by atoms with Crippen LogP contribution in [0.4, 0.5) is 5.69 Å². The highest BCUT2D eigenvalue weighted by Crippen LogP contribution is 2.20. The van der Waals surface area contributed by atoms with Crippen molar-refractivity contribution in [3.05, 3.63) is 65.7 Å². The molecule has 0 saturated carbocycles. The quantitative estimate of drug-likeness (QED) is 0.428. The van der Waals surface area contributed by atoms with Crippen molar-refractivity contribution < 1.29 is 19.5 Å². The van der Waals surface area contributed by atoms with Gasteiger partial charge in [0.15, 0.2) is 0 Å². The maximum absolute atomic E-state index is 12.5. The molecule has 33 heavy (non-hydrogen) atoms. The summed E-state index contributed by atoms with van der Waals surface area (Å²) >= 11 is 2.54. The van der Waals surface area contributed by atoms with E-state index in [9.17, 15) is 19.5 Å². The fourth-order valence-corrected chi connectivity index (χ4v) is 4.97. The van der Waals surface area contributed by atoms with E-state index in [1.165, 1.54) is 17.4 Å². The predicted molar refractivity (Wildman–Crippen MR) is 138 cm³/mol. The molecule has 0 fully saturated rings. The first-order chi connectivity index (χ1) is 15.8. The Morgan fingerprint density at radius 2 is 1.61 bits per heavy atom. The number of hydrogen-bond donors (Lipinski definition) is 2. The lowest BCUT2D eigenvalue weighted by Crippen LogP contribution is -2.45. The first kappa shape index (κ1) is 26.8. The van der Waals surface area contributed by atoms with Crippen LogP contribution in [0.2, 0.25) is 0 Å². The number of carboxylic acid groups (broad SMARTS) is 1. The van der Waals surface area contributed by atoms with Crippen molar-refractivity contribution in [2.45, 2.75) is 32.6 Å². The van der Waals surface area contributed by atoms with Gasteiger partial charge in [-0.25, -0.2) is 4.79 Å². The number of carboxylic acids is 1. The van der Waals surface area contributed by atoms with Crippen LogP contribution in [-0.4, -0.2) is 52.7 Å². The molecule has 2 atom stereocenters. The van der Waals surface area contributed by atoms with Crippen LogP contribution < -0.4 is 10.2 Å². The maximum atomic E-state index is 12.5. The average molecular weight is 489 g/mol. The largest absolute Gasteiger partial charge is 0.480 e. The number of hydrogen-bond acceptors (Lipinski definition) is 6. The SMILES string of the molecule is CCN(CC)c1ccc(CSC[C@@H](NC(=O)C(C)CSC(=O)c2ccccc2)C(=O)O)cc1. The van der Waals surface area contributed by atoms with E-state index in [-0.39, 0.29) is 22.5 Å². The molecule has 1 amide bonds. The second kappa shape index (κ2) is 14.0. The second-order valence-electron chi connectivity index (χ2n) is 7.62. The molecule has 2 rings (SSSR count). The van der Waals surface area contributed by atoms with Crippen LogP contribution in [0.25, 0.3) is 0 Å². The minimum absolute atomic E-state index is 0.104. The van der Waals surface area contributed by atoms with Gasteiger partial charge in [0.2, 0.25) is 11.0 Å². The maximum Gasteiger partial charge on any atom is 0.327 e. The Balaban J connectivity index is 1.80. The summed E-state index contributed by atoms with van der Waals surface area (Å²) in [5, 5.41) is 12.0. The molecule has 0 heterocycles. The van der Waals surface area contributed by atoms with E-state index in [0.717, 1.165) is 30.4 Å². The second-order valence-corrected chi connectivity index (χ2v) is 9.64. The summed E-state index contributed by atoms with van der Waals surface area (Å²) in [6, 6.07) is 16.2. The molecule has 0 aliphatic heterocycles. The molecule has 6 nitrogen and oxygen atoms in total. The van der Waals surface area contributed by atoms with Crippen LogP contribution in [0.3, 0.4) is 0 Å². The molecule has 2 aromatic rings. The highest BCUT2D eigenvalue weighted by molar-refractivity contribution is 8.14. The van der Waals surface area contributed by atoms with Crippen LogP contribution in [0.1, 0.15) is 36.7 Å². The van der Waals surface area contributed by atoms with Gasteiger partial charge < -0.3 is 15.3 Å². The number of nitrogens with zero attached hydrogens (tertiary/aromatic N) is 1. The topological polar surface area (TPSA) is 86.7 Å². The van der Waals surface area contributed by atoms with Crippen molar-refractivity contribution in [2.75, 3.05) is 29.5 Å². The molecule has 8 heteroatoms. The van der Waals surface area contributed by atoms with E-state index in [0.29, 0.717) is 11.3 Å². The number of carbonyl (C=O) groups excluding carboxylic acids is 2. The zero-order chi connectivity index (χ0) is 24.2. The lowest BCUT2D eigenvalue weighted by Gasteiger charge is -2.21. The van der Waals surface area contributed by atoms with E-state index in [2.05, 4.69) is 48.3 Å². The molecule has 0 aliphatic carbocycles. The minimum Gasteiger partial charge on any atom is -0.480 e. The number of nitrogens with one attached hydrogen (secondary N) is 1. The molecular weight excluding hydrogens is 456 g/mol. The van der Waals surface area contributed by atoms with Gasteiger partial charge in [-0.3, -0.25) is 9.59 Å². The molecule has 0 spiro atoms. The van der Waals surface area contributed by atoms with Crippen molar-refractivity contribution in [3.63, 3.8) is 0 Å². The van der Waals surface area contributed by atoms with Crippen molar-refractivity contribution in [1.82, 2.24) is 5.32 Å². The van der Waals surface area contributed by atoms with Gasteiger partial charge >= 0.3 is 5.97 Å². The zero-order valence-corrected chi connectivity index (χ0v) is 21.0. The van der Waals surface area contributed by atoms with Gasteiger partial charge in [0.1, 0.15) is 6.04 Å². The van der Waals surface area contributed by atoms with Gasteiger partial charge in [0.25, 0.3) is 0 Å². The fraction of sp³-hybridized carbons (Fsp3) is 0.400. The van der Waals surface area contributed by atoms with E-state index in [1.54, 1.807) is 31.2 Å². The summed E-state index contributed by atoms with van der Waals surface area (Å²) < 4.78 is 0. The van der Waals surface area contributed by atoms with Crippen molar-refractivity contribution in [2.24, 2.45) is 5.92 Å². The monoisotopic (exact) mass is 488 g/mol. The Morgan fingerprint density at radius 3 is 2.18 bits per heavy atom. The Kier molecular flexibility index (Phi) is 11.3. The molecule has 2 aromatic carbocycles. The van der Waals surface area contributed by atoms with Crippen LogP contribution in [0, 0.1) is 5.92 Å². The molecular formula is C25H32N2O4S2. The van der Waals surface area contributed by atoms with E-state index < -0.39 is 17.9 Å². The van der Waals surface area contributed by atoms with Crippen LogP contribution in [-0.2, 0) is 15.3 Å². The first-order valence-corrected chi connectivity index (χ1v) is 13.2. The average Bonchev–Trinajstić information content (AvgIpc) is 2.83. The van der Waals surface area contributed by atoms with Crippen LogP contribution in [0.15, 0.2) is 54.6 Å². The third kappa shape index (κ3) is 8.78. The number of anilines is 1. The van der Waals surface area contributed by atoms with Crippen LogP contribution in [0.5, 0.6) is 0 Å². The lowest BCUT2D eigenvalue weighted by atomic mass is 10.2. The Hall–Kier alpha value is -2.45. The molecule has 0 aromatic heterocycles. The van der Waals surface area contributed by atoms with Gasteiger partial charge in [-0.15, -0.1) is 0 Å². The van der Waals surface area contributed by atoms with Crippen LogP contribution >= 0.6 is 23.5 Å². The molecule has 1 unspecified atom stereocenters. The number of thioether (sulfide) groups is 2. The van der Waals surface area contributed by atoms with Gasteiger partial charge in [0.05, 0.1) is 0 Å². The lowest BCUT2D eigenvalue weighted by molar-refractivity contribution is -0.141. The summed E-state index contributed by atoms with van der Waals surface area (Å²) in [6.07, 6.45) is 0. The zero-order valence-electron chi connectivity index (χ0n) is 19.3. The minimum atomic E-state index is -1.06. The van der Waals surface area contributed by atoms with Gasteiger partial charge in [-0.1, -0.05) is 61.2 Å². The normalized spacial score (nSPS) is 12.6. The number of benzene rings is 2. The van der Waals surface area contributed by atoms with Crippen molar-refractivity contribution in [3.8, 4) is 0 Å². The van der Waals surface area contributed by atoms with Gasteiger partial charge in [-0.2, -0.15) is 11.8 Å². The number of aliphatic carboxylic acids is 1. The molecule has 2 N–H and O–H groups in total. The Labute approximate surface area is 204 Å². The van der Waals surface area contributed by atoms with E-state index in [1.807, 2.05) is 6.07 Å². The number of carbonyl (C=O) groups is 3. The summed E-state index contributed by atoms with van der Waals surface area (Å²) in [4.78, 5) is 38.6. The van der Waals surface area contributed by atoms with Gasteiger partial charge in [-0.05, 0) is 31.5 Å². The standard InChI is InChI=1S/C25H32N2O4S2/c1-4-27(5-2)21-13-11-19(12-14-21)16-32-17-22(24(29)30)26-23(28)18(3)15-33-25(31)20-9-7-6-8-10-20/h6-14,18,22H,4-5,15-17H2,1-3H3,(H,26,28)(H,29,30)/t18?,22-/m1/s1. The van der Waals surface area contributed by atoms with Gasteiger partial charge in [0, 0.05) is 47.5 Å².